The van der Waals surface area contributed by atoms with Crippen molar-refractivity contribution in [3.63, 3.8) is 0 Å². The third kappa shape index (κ3) is 5.39. The Morgan fingerprint density at radius 3 is 2.88 bits per heavy atom. The Morgan fingerprint density at radius 1 is 1.32 bits per heavy atom. The van der Waals surface area contributed by atoms with E-state index in [0.717, 1.165) is 38.2 Å². The number of quaternary nitrogens is 1. The SMILES string of the molecule is Cc1ccc(NC(=O)C[NH+](Cc2cccs2)C[C@H]2CCCO2)cc1C. The number of nitrogens with one attached hydrogen (secondary N) is 2. The topological polar surface area (TPSA) is 42.8 Å². The van der Waals surface area contributed by atoms with Crippen LogP contribution in [0.2, 0.25) is 0 Å². The number of thiophene rings is 1. The predicted molar refractivity (Wildman–Crippen MR) is 102 cm³/mol. The van der Waals surface area contributed by atoms with Crippen molar-refractivity contribution >= 4 is 22.9 Å². The minimum absolute atomic E-state index is 0.0628. The summed E-state index contributed by atoms with van der Waals surface area (Å²) in [6, 6.07) is 10.3. The summed E-state index contributed by atoms with van der Waals surface area (Å²) < 4.78 is 5.78. The van der Waals surface area contributed by atoms with Gasteiger partial charge in [-0.15, -0.1) is 11.3 Å². The van der Waals surface area contributed by atoms with Crippen LogP contribution < -0.4 is 10.2 Å². The lowest BCUT2D eigenvalue weighted by Gasteiger charge is -2.21. The standard InChI is InChI=1S/C20H26N2O2S/c1-15-7-8-17(11-16(15)2)21-20(23)14-22(12-18-5-3-9-24-18)13-19-6-4-10-25-19/h4,6-8,10-11,18H,3,5,9,12-14H2,1-2H3,(H,21,23)/p+1/t18-/m1/s1. The van der Waals surface area contributed by atoms with Crippen molar-refractivity contribution in [2.75, 3.05) is 25.0 Å². The van der Waals surface area contributed by atoms with Gasteiger partial charge in [0.15, 0.2) is 6.54 Å². The predicted octanol–water partition coefficient (Wildman–Crippen LogP) is 2.57. The van der Waals surface area contributed by atoms with E-state index in [0.29, 0.717) is 6.54 Å². The third-order valence-electron chi connectivity index (χ3n) is 4.75. The number of anilines is 1. The van der Waals surface area contributed by atoms with E-state index in [4.69, 9.17) is 4.74 Å². The monoisotopic (exact) mass is 359 g/mol. The average molecular weight is 360 g/mol. The molecule has 1 unspecified atom stereocenters. The average Bonchev–Trinajstić information content (AvgIpc) is 3.25. The number of carbonyl (C=O) groups excluding carboxylic acids is 1. The molecule has 1 aliphatic heterocycles. The first-order chi connectivity index (χ1) is 12.1. The lowest BCUT2D eigenvalue weighted by atomic mass is 10.1. The number of aryl methyl sites for hydroxylation is 2. The van der Waals surface area contributed by atoms with E-state index in [9.17, 15) is 4.79 Å². The smallest absolute Gasteiger partial charge is 0.279 e. The van der Waals surface area contributed by atoms with Gasteiger partial charge in [0.2, 0.25) is 0 Å². The van der Waals surface area contributed by atoms with E-state index < -0.39 is 0 Å². The zero-order valence-electron chi connectivity index (χ0n) is 15.0. The normalized spacial score (nSPS) is 18.2. The molecule has 2 aromatic rings. The minimum atomic E-state index is 0.0628. The van der Waals surface area contributed by atoms with E-state index in [2.05, 4.69) is 36.7 Å². The number of rotatable bonds is 7. The highest BCUT2D eigenvalue weighted by Gasteiger charge is 2.24. The first-order valence-electron chi connectivity index (χ1n) is 8.95. The molecule has 1 fully saturated rings. The van der Waals surface area contributed by atoms with Crippen molar-refractivity contribution in [3.8, 4) is 0 Å². The maximum absolute atomic E-state index is 12.6. The maximum atomic E-state index is 12.6. The van der Waals surface area contributed by atoms with Gasteiger partial charge < -0.3 is 15.0 Å². The van der Waals surface area contributed by atoms with Gasteiger partial charge in [-0.3, -0.25) is 4.79 Å². The van der Waals surface area contributed by atoms with Crippen molar-refractivity contribution in [2.24, 2.45) is 0 Å². The number of hydrogen-bond donors (Lipinski definition) is 2. The van der Waals surface area contributed by atoms with Crippen molar-refractivity contribution in [3.05, 3.63) is 51.7 Å². The van der Waals surface area contributed by atoms with Crippen LogP contribution >= 0.6 is 11.3 Å². The Kier molecular flexibility index (Phi) is 6.24. The molecule has 4 nitrogen and oxygen atoms in total. The van der Waals surface area contributed by atoms with Crippen LogP contribution in [0.1, 0.15) is 28.8 Å². The van der Waals surface area contributed by atoms with Crippen LogP contribution in [0.15, 0.2) is 35.7 Å². The molecule has 1 saturated heterocycles. The van der Waals surface area contributed by atoms with E-state index in [1.54, 1.807) is 11.3 Å². The second kappa shape index (κ2) is 8.61. The summed E-state index contributed by atoms with van der Waals surface area (Å²) in [7, 11) is 0. The van der Waals surface area contributed by atoms with Crippen molar-refractivity contribution in [2.45, 2.75) is 39.3 Å². The second-order valence-corrected chi connectivity index (χ2v) is 7.90. The number of carbonyl (C=O) groups is 1. The minimum Gasteiger partial charge on any atom is -0.372 e. The van der Waals surface area contributed by atoms with Crippen LogP contribution in [-0.4, -0.2) is 31.7 Å². The summed E-state index contributed by atoms with van der Waals surface area (Å²) in [4.78, 5) is 15.1. The molecular weight excluding hydrogens is 332 g/mol. The molecule has 0 bridgehead atoms. The van der Waals surface area contributed by atoms with Crippen molar-refractivity contribution < 1.29 is 14.4 Å². The van der Waals surface area contributed by atoms with Crippen LogP contribution in [0, 0.1) is 13.8 Å². The molecule has 0 aliphatic carbocycles. The van der Waals surface area contributed by atoms with Crippen LogP contribution in [0.4, 0.5) is 5.69 Å². The van der Waals surface area contributed by atoms with Gasteiger partial charge in [0.1, 0.15) is 19.2 Å². The second-order valence-electron chi connectivity index (χ2n) is 6.87. The van der Waals surface area contributed by atoms with Crippen LogP contribution in [0.5, 0.6) is 0 Å². The van der Waals surface area contributed by atoms with Crippen molar-refractivity contribution in [1.82, 2.24) is 0 Å². The first kappa shape index (κ1) is 18.1. The van der Waals surface area contributed by atoms with Gasteiger partial charge in [0.05, 0.1) is 4.88 Å². The Hall–Kier alpha value is -1.69. The van der Waals surface area contributed by atoms with Gasteiger partial charge >= 0.3 is 0 Å². The first-order valence-corrected chi connectivity index (χ1v) is 9.83. The lowest BCUT2D eigenvalue weighted by molar-refractivity contribution is -0.908. The fraction of sp³-hybridized carbons (Fsp3) is 0.450. The fourth-order valence-electron chi connectivity index (χ4n) is 3.25. The zero-order chi connectivity index (χ0) is 17.6. The van der Waals surface area contributed by atoms with Gasteiger partial charge in [-0.2, -0.15) is 0 Å². The molecule has 2 N–H and O–H groups in total. The number of benzene rings is 1. The maximum Gasteiger partial charge on any atom is 0.279 e. The van der Waals surface area contributed by atoms with Gasteiger partial charge in [-0.1, -0.05) is 12.1 Å². The Bertz CT molecular complexity index is 694. The van der Waals surface area contributed by atoms with Gasteiger partial charge in [-0.25, -0.2) is 0 Å². The Balaban J connectivity index is 1.61. The fourth-order valence-corrected chi connectivity index (χ4v) is 4.02. The third-order valence-corrected chi connectivity index (χ3v) is 5.62. The van der Waals surface area contributed by atoms with E-state index in [1.165, 1.54) is 20.9 Å². The summed E-state index contributed by atoms with van der Waals surface area (Å²) in [5, 5.41) is 5.14. The number of amides is 1. The van der Waals surface area contributed by atoms with E-state index >= 15 is 0 Å². The lowest BCUT2D eigenvalue weighted by Crippen LogP contribution is -3.12. The summed E-state index contributed by atoms with van der Waals surface area (Å²) in [5.41, 5.74) is 3.31. The molecule has 2 atom stereocenters. The summed E-state index contributed by atoms with van der Waals surface area (Å²) >= 11 is 1.75. The van der Waals surface area contributed by atoms with Crippen LogP contribution in [0.3, 0.4) is 0 Å². The molecule has 0 radical (unpaired) electrons. The highest BCUT2D eigenvalue weighted by Crippen LogP contribution is 2.14. The van der Waals surface area contributed by atoms with E-state index in [1.807, 2.05) is 18.2 Å². The molecule has 5 heteroatoms. The van der Waals surface area contributed by atoms with E-state index in [-0.39, 0.29) is 12.0 Å². The van der Waals surface area contributed by atoms with Gasteiger partial charge in [0.25, 0.3) is 5.91 Å². The molecule has 1 aromatic heterocycles. The Morgan fingerprint density at radius 2 is 2.20 bits per heavy atom. The summed E-state index contributed by atoms with van der Waals surface area (Å²) in [6.45, 7) is 7.22. The van der Waals surface area contributed by atoms with Gasteiger partial charge in [0, 0.05) is 12.3 Å². The molecule has 0 spiro atoms. The largest absolute Gasteiger partial charge is 0.372 e. The molecule has 1 amide bonds. The number of hydrogen-bond acceptors (Lipinski definition) is 3. The molecular formula is C20H27N2O2S+. The Labute approximate surface area is 153 Å². The van der Waals surface area contributed by atoms with Crippen LogP contribution in [-0.2, 0) is 16.1 Å². The molecule has 2 heterocycles. The quantitative estimate of drug-likeness (QED) is 0.798. The highest BCUT2D eigenvalue weighted by molar-refractivity contribution is 7.09. The van der Waals surface area contributed by atoms with Crippen molar-refractivity contribution in [1.29, 1.82) is 0 Å². The molecule has 0 saturated carbocycles. The van der Waals surface area contributed by atoms with Crippen LogP contribution in [0.25, 0.3) is 0 Å². The van der Waals surface area contributed by atoms with Gasteiger partial charge in [-0.05, 0) is 61.4 Å². The summed E-state index contributed by atoms with van der Waals surface area (Å²) in [5.74, 6) is 0.0628. The molecule has 3 rings (SSSR count). The highest BCUT2D eigenvalue weighted by atomic mass is 32.1. The summed E-state index contributed by atoms with van der Waals surface area (Å²) in [6.07, 6.45) is 2.52. The molecule has 1 aromatic carbocycles. The molecule has 25 heavy (non-hydrogen) atoms. The molecule has 1 aliphatic rings. The zero-order valence-corrected chi connectivity index (χ0v) is 15.8. The number of ether oxygens (including phenoxy) is 1. The molecule has 134 valence electrons.